The lowest BCUT2D eigenvalue weighted by molar-refractivity contribution is -0.146. The number of rotatable bonds is 8. The Balaban J connectivity index is 1.42. The molecule has 0 saturated heterocycles. The molecule has 2 unspecified atom stereocenters. The molecule has 0 radical (unpaired) electrons. The minimum absolute atomic E-state index is 0.263. The molecule has 2 amide bonds. The first-order chi connectivity index (χ1) is 16.1. The fraction of sp³-hybridized carbons (Fsp3) is 0.222. The molecule has 0 aromatic heterocycles. The Bertz CT molecular complexity index is 1110. The zero-order valence-electron chi connectivity index (χ0n) is 18.4. The summed E-state index contributed by atoms with van der Waals surface area (Å²) in [5.41, 5.74) is 3.40. The Labute approximate surface area is 193 Å². The quantitative estimate of drug-likeness (QED) is 0.504. The molecule has 6 nitrogen and oxygen atoms in total. The van der Waals surface area contributed by atoms with Gasteiger partial charge in [-0.3, -0.25) is 4.79 Å². The fourth-order valence-electron chi connectivity index (χ4n) is 3.82. The molecule has 1 heterocycles. The molecular formula is C27H26N2O4. The van der Waals surface area contributed by atoms with Crippen molar-refractivity contribution in [3.8, 4) is 5.75 Å². The summed E-state index contributed by atoms with van der Waals surface area (Å²) in [4.78, 5) is 29.0. The molecule has 2 atom stereocenters. The molecule has 1 aliphatic rings. The number of urea groups is 1. The lowest BCUT2D eigenvalue weighted by Crippen LogP contribution is -2.44. The van der Waals surface area contributed by atoms with Crippen LogP contribution in [0.3, 0.4) is 0 Å². The monoisotopic (exact) mass is 442 g/mol. The maximum absolute atomic E-state index is 12.9. The topological polar surface area (TPSA) is 77.0 Å². The SMILES string of the molecule is CC1=NC(=O)NC(c2ccc(OCc3ccccc3)cc2)C1C(=O)OCCc1ccccc1. The van der Waals surface area contributed by atoms with Crippen molar-refractivity contribution in [1.82, 2.24) is 5.32 Å². The number of hydrogen-bond donors (Lipinski definition) is 1. The largest absolute Gasteiger partial charge is 0.489 e. The molecule has 0 fully saturated rings. The van der Waals surface area contributed by atoms with E-state index in [9.17, 15) is 9.59 Å². The van der Waals surface area contributed by atoms with Gasteiger partial charge in [-0.2, -0.15) is 0 Å². The van der Waals surface area contributed by atoms with Crippen molar-refractivity contribution in [1.29, 1.82) is 0 Å². The van der Waals surface area contributed by atoms with E-state index in [4.69, 9.17) is 9.47 Å². The third kappa shape index (κ3) is 5.86. The Morgan fingerprint density at radius 1 is 0.909 bits per heavy atom. The molecule has 1 N–H and O–H groups in total. The van der Waals surface area contributed by atoms with Gasteiger partial charge in [0.2, 0.25) is 0 Å². The van der Waals surface area contributed by atoms with Crippen molar-refractivity contribution in [2.75, 3.05) is 6.61 Å². The van der Waals surface area contributed by atoms with Gasteiger partial charge in [0, 0.05) is 12.1 Å². The molecule has 0 saturated carbocycles. The average Bonchev–Trinajstić information content (AvgIpc) is 2.84. The van der Waals surface area contributed by atoms with E-state index in [0.29, 0.717) is 24.5 Å². The summed E-state index contributed by atoms with van der Waals surface area (Å²) < 4.78 is 11.4. The number of ether oxygens (including phenoxy) is 2. The molecule has 168 valence electrons. The van der Waals surface area contributed by atoms with Crippen LogP contribution in [0.25, 0.3) is 0 Å². The molecule has 1 aliphatic heterocycles. The van der Waals surface area contributed by atoms with Gasteiger partial charge in [0.1, 0.15) is 18.3 Å². The Morgan fingerprint density at radius 3 is 2.21 bits per heavy atom. The fourth-order valence-corrected chi connectivity index (χ4v) is 3.82. The van der Waals surface area contributed by atoms with Crippen molar-refractivity contribution in [3.63, 3.8) is 0 Å². The molecular weight excluding hydrogens is 416 g/mol. The summed E-state index contributed by atoms with van der Waals surface area (Å²) in [5, 5.41) is 2.81. The first kappa shape index (κ1) is 22.3. The summed E-state index contributed by atoms with van der Waals surface area (Å²) in [6.07, 6.45) is 0.625. The van der Waals surface area contributed by atoms with E-state index < -0.39 is 24.0 Å². The number of carbonyl (C=O) groups is 2. The predicted molar refractivity (Wildman–Crippen MR) is 126 cm³/mol. The molecule has 0 aliphatic carbocycles. The van der Waals surface area contributed by atoms with Crippen molar-refractivity contribution >= 4 is 17.7 Å². The summed E-state index contributed by atoms with van der Waals surface area (Å²) in [7, 11) is 0. The van der Waals surface area contributed by atoms with Crippen LogP contribution in [-0.4, -0.2) is 24.3 Å². The van der Waals surface area contributed by atoms with Crippen LogP contribution in [0.2, 0.25) is 0 Å². The van der Waals surface area contributed by atoms with Crippen LogP contribution in [0, 0.1) is 5.92 Å². The van der Waals surface area contributed by atoms with Gasteiger partial charge >= 0.3 is 12.0 Å². The number of aliphatic imine (C=N–C) groups is 1. The summed E-state index contributed by atoms with van der Waals surface area (Å²) in [6.45, 7) is 2.41. The zero-order chi connectivity index (χ0) is 23.0. The first-order valence-electron chi connectivity index (χ1n) is 10.9. The smallest absolute Gasteiger partial charge is 0.341 e. The summed E-state index contributed by atoms with van der Waals surface area (Å²) in [5.74, 6) is -0.381. The highest BCUT2D eigenvalue weighted by Crippen LogP contribution is 2.29. The lowest BCUT2D eigenvalue weighted by Gasteiger charge is -2.29. The van der Waals surface area contributed by atoms with E-state index in [1.54, 1.807) is 6.92 Å². The van der Waals surface area contributed by atoms with Crippen LogP contribution < -0.4 is 10.1 Å². The molecule has 3 aromatic carbocycles. The van der Waals surface area contributed by atoms with E-state index >= 15 is 0 Å². The van der Waals surface area contributed by atoms with Crippen LogP contribution in [0.4, 0.5) is 4.79 Å². The molecule has 0 bridgehead atoms. The lowest BCUT2D eigenvalue weighted by atomic mass is 9.88. The second kappa shape index (κ2) is 10.6. The van der Waals surface area contributed by atoms with Gasteiger partial charge in [-0.1, -0.05) is 72.8 Å². The standard InChI is InChI=1S/C27H26N2O4/c1-19-24(26(30)32-17-16-20-8-4-2-5-9-20)25(29-27(31)28-19)22-12-14-23(15-13-22)33-18-21-10-6-3-7-11-21/h2-15,24-25H,16-18H2,1H3,(H,29,31). The normalized spacial score (nSPS) is 17.6. The van der Waals surface area contributed by atoms with E-state index in [-0.39, 0.29) is 6.61 Å². The van der Waals surface area contributed by atoms with Crippen molar-refractivity contribution in [3.05, 3.63) is 102 Å². The van der Waals surface area contributed by atoms with Gasteiger partial charge in [0.15, 0.2) is 0 Å². The number of amides is 2. The molecule has 0 spiro atoms. The maximum atomic E-state index is 12.9. The van der Waals surface area contributed by atoms with Crippen molar-refractivity contribution in [2.45, 2.75) is 26.0 Å². The Hall–Kier alpha value is -3.93. The highest BCUT2D eigenvalue weighted by Gasteiger charge is 2.38. The second-order valence-corrected chi connectivity index (χ2v) is 7.90. The van der Waals surface area contributed by atoms with Gasteiger partial charge in [-0.15, -0.1) is 0 Å². The number of hydrogen-bond acceptors (Lipinski definition) is 4. The average molecular weight is 443 g/mol. The number of nitrogens with zero attached hydrogens (tertiary/aromatic N) is 1. The molecule has 6 heteroatoms. The third-order valence-corrected chi connectivity index (χ3v) is 5.56. The van der Waals surface area contributed by atoms with Crippen molar-refractivity contribution in [2.24, 2.45) is 10.9 Å². The van der Waals surface area contributed by atoms with E-state index in [1.165, 1.54) is 0 Å². The van der Waals surface area contributed by atoms with Crippen LogP contribution in [-0.2, 0) is 22.6 Å². The van der Waals surface area contributed by atoms with Gasteiger partial charge < -0.3 is 14.8 Å². The number of esters is 1. The second-order valence-electron chi connectivity index (χ2n) is 7.90. The van der Waals surface area contributed by atoms with Crippen LogP contribution in [0.15, 0.2) is 89.9 Å². The highest BCUT2D eigenvalue weighted by atomic mass is 16.5. The maximum Gasteiger partial charge on any atom is 0.341 e. The molecule has 4 rings (SSSR count). The van der Waals surface area contributed by atoms with E-state index in [2.05, 4.69) is 10.3 Å². The summed E-state index contributed by atoms with van der Waals surface area (Å²) in [6, 6.07) is 26.1. The van der Waals surface area contributed by atoms with Crippen LogP contribution in [0.5, 0.6) is 5.75 Å². The van der Waals surface area contributed by atoms with Crippen molar-refractivity contribution < 1.29 is 19.1 Å². The number of nitrogens with one attached hydrogen (secondary N) is 1. The van der Waals surface area contributed by atoms with Gasteiger partial charge in [-0.25, -0.2) is 9.79 Å². The predicted octanol–water partition coefficient (Wildman–Crippen LogP) is 4.89. The summed E-state index contributed by atoms with van der Waals surface area (Å²) >= 11 is 0. The molecule has 33 heavy (non-hydrogen) atoms. The van der Waals surface area contributed by atoms with Crippen LogP contribution in [0.1, 0.15) is 29.7 Å². The number of carbonyl (C=O) groups excluding carboxylic acids is 2. The van der Waals surface area contributed by atoms with Gasteiger partial charge in [0.25, 0.3) is 0 Å². The number of benzene rings is 3. The van der Waals surface area contributed by atoms with E-state index in [0.717, 1.165) is 16.7 Å². The Morgan fingerprint density at radius 2 is 1.55 bits per heavy atom. The van der Waals surface area contributed by atoms with Crippen LogP contribution >= 0.6 is 0 Å². The molecule has 3 aromatic rings. The van der Waals surface area contributed by atoms with Gasteiger partial charge in [0.05, 0.1) is 12.6 Å². The Kier molecular flexibility index (Phi) is 7.15. The highest BCUT2D eigenvalue weighted by molar-refractivity contribution is 6.08. The minimum Gasteiger partial charge on any atom is -0.489 e. The third-order valence-electron chi connectivity index (χ3n) is 5.56. The van der Waals surface area contributed by atoms with E-state index in [1.807, 2.05) is 84.9 Å². The first-order valence-corrected chi connectivity index (χ1v) is 10.9. The minimum atomic E-state index is -0.686. The zero-order valence-corrected chi connectivity index (χ0v) is 18.4. The van der Waals surface area contributed by atoms with Gasteiger partial charge in [-0.05, 0) is 35.7 Å².